The fourth-order valence-corrected chi connectivity index (χ4v) is 3.16. The third kappa shape index (κ3) is 8.89. The maximum absolute atomic E-state index is 11.8. The molecule has 1 fully saturated rings. The zero-order valence-corrected chi connectivity index (χ0v) is 15.3. The zero-order valence-electron chi connectivity index (χ0n) is 15.3. The fraction of sp³-hybridized carbons (Fsp3) is 0.650. The van der Waals surface area contributed by atoms with E-state index in [-0.39, 0.29) is 5.91 Å². The van der Waals surface area contributed by atoms with Gasteiger partial charge in [0.25, 0.3) is 0 Å². The number of phenolic OH excluding ortho intramolecular Hbond substituents is 1. The molecule has 1 aliphatic rings. The van der Waals surface area contributed by atoms with Gasteiger partial charge in [0.2, 0.25) is 5.91 Å². The van der Waals surface area contributed by atoms with Crippen LogP contribution in [-0.4, -0.2) is 48.6 Å². The Hall–Kier alpha value is -1.59. The maximum atomic E-state index is 11.8. The number of carbonyl (C=O) groups excluding carboxylic acids is 1. The standard InChI is InChI=1S/C20H33N3O2/c24-19-9-7-18(8-10-19)17-21-12-3-1-4-13-22-20(25)11-16-23-14-5-2-6-15-23/h7-10,21,24H,1-6,11-17H2,(H,22,25). The lowest BCUT2D eigenvalue weighted by molar-refractivity contribution is -0.121. The summed E-state index contributed by atoms with van der Waals surface area (Å²) in [5, 5.41) is 15.7. The van der Waals surface area contributed by atoms with E-state index in [1.807, 2.05) is 12.1 Å². The van der Waals surface area contributed by atoms with E-state index in [9.17, 15) is 9.90 Å². The predicted molar refractivity (Wildman–Crippen MR) is 102 cm³/mol. The summed E-state index contributed by atoms with van der Waals surface area (Å²) < 4.78 is 0. The number of aromatic hydroxyl groups is 1. The second-order valence-electron chi connectivity index (χ2n) is 6.91. The van der Waals surface area contributed by atoms with Gasteiger partial charge in [-0.3, -0.25) is 4.79 Å². The van der Waals surface area contributed by atoms with Gasteiger partial charge in [-0.15, -0.1) is 0 Å². The number of carbonyl (C=O) groups is 1. The molecule has 1 aliphatic heterocycles. The smallest absolute Gasteiger partial charge is 0.221 e. The third-order valence-electron chi connectivity index (χ3n) is 4.72. The average molecular weight is 348 g/mol. The monoisotopic (exact) mass is 347 g/mol. The molecule has 1 heterocycles. The topological polar surface area (TPSA) is 64.6 Å². The molecule has 1 aromatic rings. The number of phenols is 1. The highest BCUT2D eigenvalue weighted by Crippen LogP contribution is 2.09. The Kier molecular flexibility index (Phi) is 9.37. The van der Waals surface area contributed by atoms with Crippen LogP contribution in [0.2, 0.25) is 0 Å². The van der Waals surface area contributed by atoms with Gasteiger partial charge in [-0.25, -0.2) is 0 Å². The van der Waals surface area contributed by atoms with Crippen molar-refractivity contribution < 1.29 is 9.90 Å². The van der Waals surface area contributed by atoms with Gasteiger partial charge in [0.05, 0.1) is 0 Å². The first-order valence-electron chi connectivity index (χ1n) is 9.72. The molecule has 0 aromatic heterocycles. The first-order valence-corrected chi connectivity index (χ1v) is 9.72. The molecule has 25 heavy (non-hydrogen) atoms. The number of rotatable bonds is 11. The molecular weight excluding hydrogens is 314 g/mol. The minimum absolute atomic E-state index is 0.191. The van der Waals surface area contributed by atoms with Crippen molar-refractivity contribution in [3.8, 4) is 5.75 Å². The first-order chi connectivity index (χ1) is 12.2. The Balaban J connectivity index is 1.38. The molecule has 1 aromatic carbocycles. The number of likely N-dealkylation sites (tertiary alicyclic amines) is 1. The number of unbranched alkanes of at least 4 members (excludes halogenated alkanes) is 2. The second kappa shape index (κ2) is 11.9. The molecule has 0 spiro atoms. The molecule has 140 valence electrons. The zero-order chi connectivity index (χ0) is 17.7. The Morgan fingerprint density at radius 2 is 1.72 bits per heavy atom. The van der Waals surface area contributed by atoms with Crippen molar-refractivity contribution in [3.05, 3.63) is 29.8 Å². The van der Waals surface area contributed by atoms with E-state index in [0.29, 0.717) is 12.2 Å². The summed E-state index contributed by atoms with van der Waals surface area (Å²) in [6, 6.07) is 7.29. The van der Waals surface area contributed by atoms with E-state index in [1.165, 1.54) is 24.8 Å². The molecule has 5 heteroatoms. The van der Waals surface area contributed by atoms with Gasteiger partial charge >= 0.3 is 0 Å². The number of benzene rings is 1. The van der Waals surface area contributed by atoms with Gasteiger partial charge in [0.15, 0.2) is 0 Å². The second-order valence-corrected chi connectivity index (χ2v) is 6.91. The van der Waals surface area contributed by atoms with Crippen LogP contribution >= 0.6 is 0 Å². The summed E-state index contributed by atoms with van der Waals surface area (Å²) in [5.41, 5.74) is 1.18. The lowest BCUT2D eigenvalue weighted by Crippen LogP contribution is -2.34. The minimum Gasteiger partial charge on any atom is -0.508 e. The van der Waals surface area contributed by atoms with E-state index in [2.05, 4.69) is 15.5 Å². The lowest BCUT2D eigenvalue weighted by Gasteiger charge is -2.25. The average Bonchev–Trinajstić information content (AvgIpc) is 2.64. The fourth-order valence-electron chi connectivity index (χ4n) is 3.16. The SMILES string of the molecule is O=C(CCN1CCCCC1)NCCCCCNCc1ccc(O)cc1. The van der Waals surface area contributed by atoms with Crippen molar-refractivity contribution in [1.29, 1.82) is 0 Å². The largest absolute Gasteiger partial charge is 0.508 e. The third-order valence-corrected chi connectivity index (χ3v) is 4.72. The van der Waals surface area contributed by atoms with E-state index in [4.69, 9.17) is 0 Å². The number of hydrogen-bond donors (Lipinski definition) is 3. The number of piperidine rings is 1. The molecule has 5 nitrogen and oxygen atoms in total. The highest BCUT2D eigenvalue weighted by molar-refractivity contribution is 5.75. The van der Waals surface area contributed by atoms with E-state index >= 15 is 0 Å². The maximum Gasteiger partial charge on any atom is 0.221 e. The van der Waals surface area contributed by atoms with Crippen LogP contribution in [0.4, 0.5) is 0 Å². The highest BCUT2D eigenvalue weighted by Gasteiger charge is 2.11. The van der Waals surface area contributed by atoms with E-state index < -0.39 is 0 Å². The van der Waals surface area contributed by atoms with Crippen LogP contribution in [-0.2, 0) is 11.3 Å². The lowest BCUT2D eigenvalue weighted by atomic mass is 10.1. The predicted octanol–water partition coefficient (Wildman–Crippen LogP) is 2.64. The van der Waals surface area contributed by atoms with Crippen molar-refractivity contribution in [2.45, 2.75) is 51.5 Å². The molecule has 1 saturated heterocycles. The molecule has 0 bridgehead atoms. The van der Waals surface area contributed by atoms with Crippen LogP contribution in [0, 0.1) is 0 Å². The van der Waals surface area contributed by atoms with E-state index in [1.54, 1.807) is 12.1 Å². The van der Waals surface area contributed by atoms with Crippen molar-refractivity contribution in [2.24, 2.45) is 0 Å². The quantitative estimate of drug-likeness (QED) is 0.539. The first kappa shape index (κ1) is 19.7. The van der Waals surface area contributed by atoms with Gasteiger partial charge in [-0.05, 0) is 63.0 Å². The van der Waals surface area contributed by atoms with Crippen molar-refractivity contribution in [3.63, 3.8) is 0 Å². The van der Waals surface area contributed by atoms with E-state index in [0.717, 1.165) is 58.5 Å². The van der Waals surface area contributed by atoms with Crippen molar-refractivity contribution in [2.75, 3.05) is 32.7 Å². The van der Waals surface area contributed by atoms with Gasteiger partial charge in [0, 0.05) is 26.1 Å². The van der Waals surface area contributed by atoms with Crippen LogP contribution in [0.3, 0.4) is 0 Å². The normalized spacial score (nSPS) is 15.2. The summed E-state index contributed by atoms with van der Waals surface area (Å²) >= 11 is 0. The number of amides is 1. The summed E-state index contributed by atoms with van der Waals surface area (Å²) in [5.74, 6) is 0.498. The molecule has 0 saturated carbocycles. The van der Waals surface area contributed by atoms with Gasteiger partial charge in [-0.2, -0.15) is 0 Å². The molecule has 0 aliphatic carbocycles. The summed E-state index contributed by atoms with van der Waals surface area (Å²) in [6.07, 6.45) is 7.80. The molecular formula is C20H33N3O2. The molecule has 0 radical (unpaired) electrons. The summed E-state index contributed by atoms with van der Waals surface area (Å²) in [7, 11) is 0. The number of nitrogens with zero attached hydrogens (tertiary/aromatic N) is 1. The highest BCUT2D eigenvalue weighted by atomic mass is 16.3. The summed E-state index contributed by atoms with van der Waals surface area (Å²) in [4.78, 5) is 14.2. The van der Waals surface area contributed by atoms with Gasteiger partial charge in [0.1, 0.15) is 5.75 Å². The molecule has 0 unspecified atom stereocenters. The minimum atomic E-state index is 0.191. The van der Waals surface area contributed by atoms with Crippen LogP contribution in [0.25, 0.3) is 0 Å². The number of hydrogen-bond acceptors (Lipinski definition) is 4. The van der Waals surface area contributed by atoms with Crippen LogP contribution in [0.15, 0.2) is 24.3 Å². The van der Waals surface area contributed by atoms with Crippen LogP contribution in [0.5, 0.6) is 5.75 Å². The Labute approximate surface area is 151 Å². The summed E-state index contributed by atoms with van der Waals surface area (Å²) in [6.45, 7) is 5.82. The molecule has 1 amide bonds. The molecule has 2 rings (SSSR count). The van der Waals surface area contributed by atoms with Crippen LogP contribution in [0.1, 0.15) is 50.5 Å². The molecule has 3 N–H and O–H groups in total. The van der Waals surface area contributed by atoms with Crippen molar-refractivity contribution in [1.82, 2.24) is 15.5 Å². The van der Waals surface area contributed by atoms with Gasteiger partial charge < -0.3 is 20.6 Å². The van der Waals surface area contributed by atoms with Gasteiger partial charge in [-0.1, -0.05) is 25.0 Å². The Morgan fingerprint density at radius 3 is 2.48 bits per heavy atom. The molecule has 0 atom stereocenters. The number of nitrogens with one attached hydrogen (secondary N) is 2. The Morgan fingerprint density at radius 1 is 1.00 bits per heavy atom. The van der Waals surface area contributed by atoms with Crippen molar-refractivity contribution >= 4 is 5.91 Å². The van der Waals surface area contributed by atoms with Crippen LogP contribution < -0.4 is 10.6 Å². The Bertz CT molecular complexity index is 484.